The van der Waals surface area contributed by atoms with Crippen molar-refractivity contribution in [3.05, 3.63) is 0 Å². The first-order chi connectivity index (χ1) is 5.72. The van der Waals surface area contributed by atoms with Crippen molar-refractivity contribution in [1.82, 2.24) is 0 Å². The van der Waals surface area contributed by atoms with Crippen molar-refractivity contribution in [3.8, 4) is 0 Å². The van der Waals surface area contributed by atoms with Gasteiger partial charge in [0.05, 0.1) is 0 Å². The van der Waals surface area contributed by atoms with E-state index < -0.39 is 0 Å². The normalized spacial score (nSPS) is 38.8. The van der Waals surface area contributed by atoms with Gasteiger partial charge in [0, 0.05) is 0 Å². The van der Waals surface area contributed by atoms with Crippen molar-refractivity contribution in [2.24, 2.45) is 17.8 Å². The summed E-state index contributed by atoms with van der Waals surface area (Å²) in [6.07, 6.45) is 8.80. The lowest BCUT2D eigenvalue weighted by Crippen LogP contribution is -2.12. The van der Waals surface area contributed by atoms with Gasteiger partial charge in [-0.1, -0.05) is 52.9 Å². The Morgan fingerprint density at radius 2 is 1.42 bits per heavy atom. The van der Waals surface area contributed by atoms with Crippen LogP contribution in [0.15, 0.2) is 0 Å². The second-order valence-electron chi connectivity index (χ2n) is 4.88. The van der Waals surface area contributed by atoms with Gasteiger partial charge in [-0.05, 0) is 24.2 Å². The van der Waals surface area contributed by atoms with Crippen LogP contribution in [0.5, 0.6) is 0 Å². The largest absolute Gasteiger partial charge is 0.0651 e. The predicted octanol–water partition coefficient (Wildman–Crippen LogP) is 4.25. The third-order valence-electron chi connectivity index (χ3n) is 3.52. The first-order valence-electron chi connectivity index (χ1n) is 5.72. The van der Waals surface area contributed by atoms with Gasteiger partial charge >= 0.3 is 0 Å². The van der Waals surface area contributed by atoms with Gasteiger partial charge in [0.1, 0.15) is 0 Å². The number of rotatable bonds is 1. The van der Waals surface area contributed by atoms with Gasteiger partial charge in [0.25, 0.3) is 0 Å². The zero-order chi connectivity index (χ0) is 8.97. The van der Waals surface area contributed by atoms with Crippen LogP contribution in [0.25, 0.3) is 0 Å². The Morgan fingerprint density at radius 3 is 1.83 bits per heavy atom. The molecule has 2 unspecified atom stereocenters. The van der Waals surface area contributed by atoms with Crippen LogP contribution < -0.4 is 0 Å². The van der Waals surface area contributed by atoms with Crippen LogP contribution in [0.2, 0.25) is 0 Å². The molecule has 0 saturated heterocycles. The first-order valence-corrected chi connectivity index (χ1v) is 5.72. The van der Waals surface area contributed by atoms with Gasteiger partial charge in [-0.3, -0.25) is 0 Å². The minimum Gasteiger partial charge on any atom is -0.0651 e. The van der Waals surface area contributed by atoms with Gasteiger partial charge in [0.2, 0.25) is 0 Å². The molecule has 0 heteroatoms. The molecule has 0 amide bonds. The molecule has 1 aliphatic carbocycles. The zero-order valence-electron chi connectivity index (χ0n) is 8.97. The Balaban J connectivity index is 2.36. The molecule has 72 valence electrons. The molecule has 1 fully saturated rings. The van der Waals surface area contributed by atoms with E-state index in [1.165, 1.54) is 38.5 Å². The fraction of sp³-hybridized carbons (Fsp3) is 1.00. The van der Waals surface area contributed by atoms with E-state index in [9.17, 15) is 0 Å². The van der Waals surface area contributed by atoms with Crippen LogP contribution in [0.1, 0.15) is 59.3 Å². The molecular formula is C12H24. The number of hydrogen-bond acceptors (Lipinski definition) is 0. The molecule has 0 N–H and O–H groups in total. The average molecular weight is 168 g/mol. The summed E-state index contributed by atoms with van der Waals surface area (Å²) in [4.78, 5) is 0. The smallest absolute Gasteiger partial charge is 0.0417 e. The van der Waals surface area contributed by atoms with Crippen LogP contribution >= 0.6 is 0 Å². The van der Waals surface area contributed by atoms with Gasteiger partial charge in [-0.15, -0.1) is 0 Å². The van der Waals surface area contributed by atoms with E-state index in [2.05, 4.69) is 20.8 Å². The molecular weight excluding hydrogens is 144 g/mol. The third-order valence-corrected chi connectivity index (χ3v) is 3.52. The predicted molar refractivity (Wildman–Crippen MR) is 55.2 cm³/mol. The summed E-state index contributed by atoms with van der Waals surface area (Å²) in [6.45, 7) is 7.20. The van der Waals surface area contributed by atoms with E-state index in [0.717, 1.165) is 17.8 Å². The van der Waals surface area contributed by atoms with E-state index >= 15 is 0 Å². The first kappa shape index (κ1) is 10.1. The Labute approximate surface area is 77.7 Å². The summed E-state index contributed by atoms with van der Waals surface area (Å²) in [5, 5.41) is 0. The zero-order valence-corrected chi connectivity index (χ0v) is 8.97. The second-order valence-corrected chi connectivity index (χ2v) is 4.88. The summed E-state index contributed by atoms with van der Waals surface area (Å²) in [5.41, 5.74) is 0. The average Bonchev–Trinajstić information content (AvgIpc) is 2.02. The quantitative estimate of drug-likeness (QED) is 0.549. The molecule has 0 heterocycles. The molecule has 0 nitrogen and oxygen atoms in total. The second kappa shape index (κ2) is 4.89. The van der Waals surface area contributed by atoms with Crippen molar-refractivity contribution >= 4 is 0 Å². The minimum absolute atomic E-state index is 0.981. The van der Waals surface area contributed by atoms with E-state index in [4.69, 9.17) is 0 Å². The highest BCUT2D eigenvalue weighted by Gasteiger charge is 2.16. The van der Waals surface area contributed by atoms with Gasteiger partial charge in [-0.25, -0.2) is 0 Å². The lowest BCUT2D eigenvalue weighted by atomic mass is 9.81. The van der Waals surface area contributed by atoms with Crippen LogP contribution in [-0.4, -0.2) is 0 Å². The van der Waals surface area contributed by atoms with Gasteiger partial charge < -0.3 is 0 Å². The molecule has 0 radical (unpaired) electrons. The van der Waals surface area contributed by atoms with Crippen LogP contribution in [0.4, 0.5) is 0 Å². The molecule has 12 heavy (non-hydrogen) atoms. The van der Waals surface area contributed by atoms with Crippen LogP contribution in [-0.2, 0) is 0 Å². The maximum Gasteiger partial charge on any atom is -0.0417 e. The maximum absolute atomic E-state index is 2.43. The molecule has 0 aromatic rings. The summed E-state index contributed by atoms with van der Waals surface area (Å²) in [5.74, 6) is 3.00. The summed E-state index contributed by atoms with van der Waals surface area (Å²) in [7, 11) is 0. The highest BCUT2D eigenvalue weighted by atomic mass is 14.2. The monoisotopic (exact) mass is 168 g/mol. The maximum atomic E-state index is 2.43. The summed E-state index contributed by atoms with van der Waals surface area (Å²) >= 11 is 0. The highest BCUT2D eigenvalue weighted by Crippen LogP contribution is 2.30. The molecule has 0 aromatic heterocycles. The fourth-order valence-corrected chi connectivity index (χ4v) is 2.52. The van der Waals surface area contributed by atoms with Gasteiger partial charge in [0.15, 0.2) is 0 Å². The molecule has 0 bridgehead atoms. The van der Waals surface area contributed by atoms with Crippen molar-refractivity contribution in [2.75, 3.05) is 0 Å². The Bertz CT molecular complexity index is 105. The molecule has 1 rings (SSSR count). The SMILES string of the molecule is CCC1CCC(C)CC(C)CC1. The standard InChI is InChI=1S/C12H24/c1-4-12-7-5-10(2)9-11(3)6-8-12/h10-12H,4-9H2,1-3H3. The fourth-order valence-electron chi connectivity index (χ4n) is 2.52. The molecule has 0 aromatic carbocycles. The lowest BCUT2D eigenvalue weighted by Gasteiger charge is -2.25. The van der Waals surface area contributed by atoms with E-state index in [-0.39, 0.29) is 0 Å². The van der Waals surface area contributed by atoms with Crippen LogP contribution in [0, 0.1) is 17.8 Å². The lowest BCUT2D eigenvalue weighted by molar-refractivity contribution is 0.271. The molecule has 2 atom stereocenters. The van der Waals surface area contributed by atoms with E-state index in [0.29, 0.717) is 0 Å². The van der Waals surface area contributed by atoms with Gasteiger partial charge in [-0.2, -0.15) is 0 Å². The van der Waals surface area contributed by atoms with E-state index in [1.807, 2.05) is 0 Å². The van der Waals surface area contributed by atoms with E-state index in [1.54, 1.807) is 0 Å². The van der Waals surface area contributed by atoms with Crippen LogP contribution in [0.3, 0.4) is 0 Å². The number of hydrogen-bond donors (Lipinski definition) is 0. The van der Waals surface area contributed by atoms with Crippen molar-refractivity contribution in [2.45, 2.75) is 59.3 Å². The van der Waals surface area contributed by atoms with Crippen molar-refractivity contribution in [1.29, 1.82) is 0 Å². The minimum atomic E-state index is 0.981. The summed E-state index contributed by atoms with van der Waals surface area (Å²) in [6, 6.07) is 0. The third kappa shape index (κ3) is 3.16. The van der Waals surface area contributed by atoms with Crippen molar-refractivity contribution < 1.29 is 0 Å². The molecule has 1 saturated carbocycles. The Hall–Kier alpha value is 0. The van der Waals surface area contributed by atoms with Crippen molar-refractivity contribution in [3.63, 3.8) is 0 Å². The molecule has 0 aliphatic heterocycles. The Kier molecular flexibility index (Phi) is 4.11. The Morgan fingerprint density at radius 1 is 0.917 bits per heavy atom. The molecule has 0 spiro atoms. The highest BCUT2D eigenvalue weighted by molar-refractivity contribution is 4.69. The topological polar surface area (TPSA) is 0 Å². The molecule has 1 aliphatic rings. The summed E-state index contributed by atoms with van der Waals surface area (Å²) < 4.78 is 0.